The highest BCUT2D eigenvalue weighted by Gasteiger charge is 2.32. The van der Waals surface area contributed by atoms with E-state index in [1.165, 1.54) is 0 Å². The van der Waals surface area contributed by atoms with E-state index in [1.54, 1.807) is 36.4 Å². The molecule has 0 N–H and O–H groups in total. The molecule has 1 aliphatic carbocycles. The van der Waals surface area contributed by atoms with E-state index >= 15 is 0 Å². The van der Waals surface area contributed by atoms with Crippen molar-refractivity contribution in [2.75, 3.05) is 6.79 Å². The Hall–Kier alpha value is -2.88. The van der Waals surface area contributed by atoms with Gasteiger partial charge in [-0.05, 0) is 29.3 Å². The number of hydrogen-bond donors (Lipinski definition) is 0. The summed E-state index contributed by atoms with van der Waals surface area (Å²) in [6.45, 7) is 0.204. The number of ketones is 2. The zero-order valence-corrected chi connectivity index (χ0v) is 11.0. The number of rotatable bonds is 1. The summed E-state index contributed by atoms with van der Waals surface area (Å²) in [6.07, 6.45) is 1.72. The second-order valence-electron chi connectivity index (χ2n) is 4.87. The highest BCUT2D eigenvalue weighted by Crippen LogP contribution is 2.35. The van der Waals surface area contributed by atoms with E-state index < -0.39 is 11.6 Å². The maximum atomic E-state index is 12.1. The molecule has 0 aromatic heterocycles. The number of carbonyl (C=O) groups is 2. The van der Waals surface area contributed by atoms with E-state index in [0.717, 1.165) is 5.56 Å². The first-order chi connectivity index (χ1) is 10.2. The molecule has 4 rings (SSSR count). The van der Waals surface area contributed by atoms with Gasteiger partial charge < -0.3 is 9.47 Å². The van der Waals surface area contributed by atoms with Crippen LogP contribution in [0.4, 0.5) is 0 Å². The normalized spacial score (nSPS) is 17.4. The lowest BCUT2D eigenvalue weighted by Crippen LogP contribution is -2.05. The van der Waals surface area contributed by atoms with E-state index in [0.29, 0.717) is 28.2 Å². The highest BCUT2D eigenvalue weighted by atomic mass is 16.7. The Morgan fingerprint density at radius 1 is 0.857 bits per heavy atom. The average molecular weight is 278 g/mol. The quantitative estimate of drug-likeness (QED) is 0.594. The van der Waals surface area contributed by atoms with Crippen molar-refractivity contribution in [3.63, 3.8) is 0 Å². The Kier molecular flexibility index (Phi) is 2.44. The van der Waals surface area contributed by atoms with Gasteiger partial charge in [0, 0.05) is 11.1 Å². The minimum Gasteiger partial charge on any atom is -0.454 e. The second kappa shape index (κ2) is 4.31. The third kappa shape index (κ3) is 1.76. The van der Waals surface area contributed by atoms with Gasteiger partial charge in [-0.3, -0.25) is 9.59 Å². The van der Waals surface area contributed by atoms with E-state index in [4.69, 9.17) is 9.47 Å². The molecule has 21 heavy (non-hydrogen) atoms. The highest BCUT2D eigenvalue weighted by molar-refractivity contribution is 6.64. The van der Waals surface area contributed by atoms with Crippen molar-refractivity contribution >= 4 is 23.2 Å². The Bertz CT molecular complexity index is 817. The molecule has 102 valence electrons. The SMILES string of the molecule is O=C1C(=O)c2ccccc2C1=Cc1ccc2c(c1)OCO2. The van der Waals surface area contributed by atoms with Gasteiger partial charge in [-0.1, -0.05) is 30.3 Å². The number of hydrogen-bond acceptors (Lipinski definition) is 4. The summed E-state index contributed by atoms with van der Waals surface area (Å²) in [5.41, 5.74) is 2.38. The van der Waals surface area contributed by atoms with Crippen LogP contribution in [0.1, 0.15) is 21.5 Å². The summed E-state index contributed by atoms with van der Waals surface area (Å²) in [6, 6.07) is 12.5. The number of carbonyl (C=O) groups excluding carboxylic acids is 2. The number of Topliss-reactive ketones (excluding diaryl/α,β-unsaturated/α-hetero) is 2. The van der Waals surface area contributed by atoms with E-state index in [9.17, 15) is 9.59 Å². The third-order valence-electron chi connectivity index (χ3n) is 3.62. The maximum absolute atomic E-state index is 12.1. The smallest absolute Gasteiger partial charge is 0.234 e. The van der Waals surface area contributed by atoms with Crippen molar-refractivity contribution in [1.82, 2.24) is 0 Å². The molecular weight excluding hydrogens is 268 g/mol. The molecule has 4 heteroatoms. The predicted octanol–water partition coefficient (Wildman–Crippen LogP) is 2.72. The van der Waals surface area contributed by atoms with Crippen molar-refractivity contribution in [3.05, 3.63) is 59.2 Å². The maximum Gasteiger partial charge on any atom is 0.234 e. The Labute approximate surface area is 120 Å². The third-order valence-corrected chi connectivity index (χ3v) is 3.62. The molecule has 0 saturated carbocycles. The van der Waals surface area contributed by atoms with Gasteiger partial charge >= 0.3 is 0 Å². The molecule has 0 saturated heterocycles. The fourth-order valence-corrected chi connectivity index (χ4v) is 2.60. The molecule has 0 amide bonds. The van der Waals surface area contributed by atoms with Crippen molar-refractivity contribution in [1.29, 1.82) is 0 Å². The summed E-state index contributed by atoms with van der Waals surface area (Å²) in [4.78, 5) is 24.1. The van der Waals surface area contributed by atoms with Crippen LogP contribution in [0.2, 0.25) is 0 Å². The predicted molar refractivity (Wildman–Crippen MR) is 76.2 cm³/mol. The standard InChI is InChI=1S/C17H10O4/c18-16-12-4-2-1-3-11(12)13(17(16)19)7-10-5-6-14-15(8-10)21-9-20-14/h1-8H,9H2. The van der Waals surface area contributed by atoms with Crippen molar-refractivity contribution < 1.29 is 19.1 Å². The lowest BCUT2D eigenvalue weighted by molar-refractivity contribution is -0.109. The van der Waals surface area contributed by atoms with Crippen LogP contribution in [0.3, 0.4) is 0 Å². The van der Waals surface area contributed by atoms with Gasteiger partial charge in [0.2, 0.25) is 18.4 Å². The minimum atomic E-state index is -0.464. The van der Waals surface area contributed by atoms with Gasteiger partial charge in [-0.25, -0.2) is 0 Å². The van der Waals surface area contributed by atoms with Crippen LogP contribution in [0.5, 0.6) is 11.5 Å². The van der Waals surface area contributed by atoms with Crippen LogP contribution < -0.4 is 9.47 Å². The lowest BCUT2D eigenvalue weighted by Gasteiger charge is -2.01. The van der Waals surface area contributed by atoms with Crippen molar-refractivity contribution in [2.24, 2.45) is 0 Å². The van der Waals surface area contributed by atoms with Crippen LogP contribution >= 0.6 is 0 Å². The number of fused-ring (bicyclic) bond motifs is 2. The summed E-state index contributed by atoms with van der Waals surface area (Å²) in [5, 5.41) is 0. The zero-order valence-electron chi connectivity index (χ0n) is 11.0. The van der Waals surface area contributed by atoms with Crippen LogP contribution in [-0.4, -0.2) is 18.4 Å². The molecular formula is C17H10O4. The Morgan fingerprint density at radius 2 is 1.62 bits per heavy atom. The molecule has 1 aliphatic heterocycles. The molecule has 1 heterocycles. The average Bonchev–Trinajstić information content (AvgIpc) is 3.06. The molecule has 0 fully saturated rings. The summed E-state index contributed by atoms with van der Waals surface area (Å²) in [5.74, 6) is 0.423. The van der Waals surface area contributed by atoms with Gasteiger partial charge in [-0.2, -0.15) is 0 Å². The molecule has 0 atom stereocenters. The summed E-state index contributed by atoms with van der Waals surface area (Å²) in [7, 11) is 0. The first-order valence-corrected chi connectivity index (χ1v) is 6.54. The fraction of sp³-hybridized carbons (Fsp3) is 0.0588. The molecule has 0 radical (unpaired) electrons. The first-order valence-electron chi connectivity index (χ1n) is 6.54. The molecule has 2 aromatic carbocycles. The number of allylic oxidation sites excluding steroid dienone is 1. The lowest BCUT2D eigenvalue weighted by atomic mass is 10.0. The van der Waals surface area contributed by atoms with E-state index in [1.807, 2.05) is 12.1 Å². The van der Waals surface area contributed by atoms with Crippen LogP contribution in [-0.2, 0) is 4.79 Å². The second-order valence-corrected chi connectivity index (χ2v) is 4.87. The number of ether oxygens (including phenoxy) is 2. The summed E-state index contributed by atoms with van der Waals surface area (Å²) < 4.78 is 10.6. The largest absolute Gasteiger partial charge is 0.454 e. The number of benzene rings is 2. The Morgan fingerprint density at radius 3 is 2.48 bits per heavy atom. The molecule has 2 aliphatic rings. The van der Waals surface area contributed by atoms with Gasteiger partial charge in [0.1, 0.15) is 0 Å². The van der Waals surface area contributed by atoms with Crippen molar-refractivity contribution in [3.8, 4) is 11.5 Å². The van der Waals surface area contributed by atoms with Crippen LogP contribution in [0.25, 0.3) is 11.6 Å². The van der Waals surface area contributed by atoms with Crippen LogP contribution in [0.15, 0.2) is 42.5 Å². The Balaban J connectivity index is 1.83. The molecule has 0 unspecified atom stereocenters. The monoisotopic (exact) mass is 278 g/mol. The summed E-state index contributed by atoms with van der Waals surface area (Å²) >= 11 is 0. The minimum absolute atomic E-state index is 0.204. The van der Waals surface area contributed by atoms with Crippen LogP contribution in [0, 0.1) is 0 Å². The van der Waals surface area contributed by atoms with Gasteiger partial charge in [-0.15, -0.1) is 0 Å². The topological polar surface area (TPSA) is 52.6 Å². The zero-order chi connectivity index (χ0) is 14.4. The molecule has 4 nitrogen and oxygen atoms in total. The van der Waals surface area contributed by atoms with Crippen molar-refractivity contribution in [2.45, 2.75) is 0 Å². The van der Waals surface area contributed by atoms with Gasteiger partial charge in [0.25, 0.3) is 0 Å². The molecule has 2 aromatic rings. The first kappa shape index (κ1) is 11.9. The van der Waals surface area contributed by atoms with E-state index in [-0.39, 0.29) is 6.79 Å². The molecule has 0 spiro atoms. The van der Waals surface area contributed by atoms with Gasteiger partial charge in [0.15, 0.2) is 11.5 Å². The van der Waals surface area contributed by atoms with E-state index in [2.05, 4.69) is 0 Å². The van der Waals surface area contributed by atoms with Gasteiger partial charge in [0.05, 0.1) is 0 Å². The fourth-order valence-electron chi connectivity index (χ4n) is 2.60. The molecule has 0 bridgehead atoms.